The highest BCUT2D eigenvalue weighted by Gasteiger charge is 2.29. The summed E-state index contributed by atoms with van der Waals surface area (Å²) in [6, 6.07) is 0.226. The number of hydrogen-bond acceptors (Lipinski definition) is 4. The topological polar surface area (TPSA) is 53.5 Å². The minimum atomic E-state index is 0.0626. The monoisotopic (exact) mass is 337 g/mol. The lowest BCUT2D eigenvalue weighted by Gasteiger charge is -2.34. The number of rotatable bonds is 5. The van der Waals surface area contributed by atoms with E-state index < -0.39 is 0 Å². The first-order valence-electron chi connectivity index (χ1n) is 8.34. The number of aryl methyl sites for hydroxylation is 2. The normalized spacial score (nSPS) is 16.0. The van der Waals surface area contributed by atoms with E-state index >= 15 is 0 Å². The Hall–Kier alpha value is -1.43. The molecule has 6 heteroatoms. The van der Waals surface area contributed by atoms with E-state index in [2.05, 4.69) is 4.98 Å². The molecule has 0 spiro atoms. The SMILES string of the molecule is Cc1nc(CCC(=O)N2CCC(C(=O)N(C)C(C)C)CC2)cs1. The Morgan fingerprint density at radius 2 is 2.04 bits per heavy atom. The molecular weight excluding hydrogens is 310 g/mol. The largest absolute Gasteiger partial charge is 0.343 e. The molecule has 0 saturated carbocycles. The first-order valence-corrected chi connectivity index (χ1v) is 9.22. The molecule has 0 radical (unpaired) electrons. The molecule has 2 amide bonds. The fourth-order valence-electron chi connectivity index (χ4n) is 2.83. The van der Waals surface area contributed by atoms with Gasteiger partial charge in [-0.25, -0.2) is 4.98 Å². The number of thiazole rings is 1. The zero-order valence-electron chi connectivity index (χ0n) is 14.5. The molecule has 1 aliphatic heterocycles. The maximum atomic E-state index is 12.3. The van der Waals surface area contributed by atoms with Gasteiger partial charge in [-0.05, 0) is 40.0 Å². The van der Waals surface area contributed by atoms with Gasteiger partial charge in [-0.15, -0.1) is 11.3 Å². The average Bonchev–Trinajstić information content (AvgIpc) is 2.96. The Kier molecular flexibility index (Phi) is 6.16. The van der Waals surface area contributed by atoms with Gasteiger partial charge in [0.15, 0.2) is 0 Å². The summed E-state index contributed by atoms with van der Waals surface area (Å²) in [4.78, 5) is 32.8. The van der Waals surface area contributed by atoms with Gasteiger partial charge in [-0.1, -0.05) is 0 Å². The number of amides is 2. The van der Waals surface area contributed by atoms with Crippen LogP contribution >= 0.6 is 11.3 Å². The molecule has 23 heavy (non-hydrogen) atoms. The quantitative estimate of drug-likeness (QED) is 0.829. The Balaban J connectivity index is 1.77. The van der Waals surface area contributed by atoms with Crippen LogP contribution in [0.3, 0.4) is 0 Å². The number of nitrogens with zero attached hydrogens (tertiary/aromatic N) is 3. The van der Waals surface area contributed by atoms with Gasteiger partial charge >= 0.3 is 0 Å². The van der Waals surface area contributed by atoms with Crippen LogP contribution in [0.4, 0.5) is 0 Å². The van der Waals surface area contributed by atoms with Crippen LogP contribution in [-0.4, -0.2) is 52.8 Å². The number of piperidine rings is 1. The lowest BCUT2D eigenvalue weighted by Crippen LogP contribution is -2.45. The van der Waals surface area contributed by atoms with Crippen LogP contribution in [0.1, 0.15) is 43.8 Å². The van der Waals surface area contributed by atoms with Crippen molar-refractivity contribution in [3.8, 4) is 0 Å². The van der Waals surface area contributed by atoms with E-state index in [-0.39, 0.29) is 23.8 Å². The maximum Gasteiger partial charge on any atom is 0.225 e. The predicted octanol–water partition coefficient (Wildman–Crippen LogP) is 2.49. The number of aromatic nitrogens is 1. The van der Waals surface area contributed by atoms with E-state index in [1.54, 1.807) is 11.3 Å². The van der Waals surface area contributed by atoms with Crippen molar-refractivity contribution in [2.24, 2.45) is 5.92 Å². The first-order chi connectivity index (χ1) is 10.9. The van der Waals surface area contributed by atoms with Gasteiger partial charge < -0.3 is 9.80 Å². The van der Waals surface area contributed by atoms with E-state index in [0.29, 0.717) is 25.9 Å². The summed E-state index contributed by atoms with van der Waals surface area (Å²) in [6.45, 7) is 7.41. The van der Waals surface area contributed by atoms with E-state index in [0.717, 1.165) is 23.5 Å². The number of likely N-dealkylation sites (tertiary alicyclic amines) is 1. The molecule has 128 valence electrons. The molecule has 0 aliphatic carbocycles. The fraction of sp³-hybridized carbons (Fsp3) is 0.706. The van der Waals surface area contributed by atoms with Crippen LogP contribution < -0.4 is 0 Å². The number of carbonyl (C=O) groups excluding carboxylic acids is 2. The van der Waals surface area contributed by atoms with Crippen molar-refractivity contribution in [3.05, 3.63) is 16.1 Å². The van der Waals surface area contributed by atoms with Crippen LogP contribution in [0.15, 0.2) is 5.38 Å². The van der Waals surface area contributed by atoms with Crippen LogP contribution in [0.5, 0.6) is 0 Å². The molecule has 0 unspecified atom stereocenters. The Morgan fingerprint density at radius 3 is 2.57 bits per heavy atom. The van der Waals surface area contributed by atoms with E-state index in [9.17, 15) is 9.59 Å². The second-order valence-corrected chi connectivity index (χ2v) is 7.62. The van der Waals surface area contributed by atoms with Crippen molar-refractivity contribution < 1.29 is 9.59 Å². The Bertz CT molecular complexity index is 548. The zero-order valence-corrected chi connectivity index (χ0v) is 15.4. The molecule has 0 N–H and O–H groups in total. The van der Waals surface area contributed by atoms with Gasteiger partial charge in [0, 0.05) is 43.9 Å². The summed E-state index contributed by atoms with van der Waals surface area (Å²) in [5.74, 6) is 0.455. The standard InChI is InChI=1S/C17H27N3O2S/c1-12(2)19(4)17(22)14-7-9-20(10-8-14)16(21)6-5-15-11-23-13(3)18-15/h11-12,14H,5-10H2,1-4H3. The van der Waals surface area contributed by atoms with Crippen LogP contribution in [0, 0.1) is 12.8 Å². The number of carbonyl (C=O) groups is 2. The molecule has 0 aromatic carbocycles. The summed E-state index contributed by atoms with van der Waals surface area (Å²) >= 11 is 1.62. The Labute approximate surface area is 142 Å². The van der Waals surface area contributed by atoms with Crippen molar-refractivity contribution >= 4 is 23.2 Å². The molecule has 1 aromatic rings. The van der Waals surface area contributed by atoms with Gasteiger partial charge in [-0.3, -0.25) is 9.59 Å². The highest BCUT2D eigenvalue weighted by atomic mass is 32.1. The molecule has 2 heterocycles. The fourth-order valence-corrected chi connectivity index (χ4v) is 3.48. The van der Waals surface area contributed by atoms with Crippen molar-refractivity contribution in [1.82, 2.24) is 14.8 Å². The Morgan fingerprint density at radius 1 is 1.39 bits per heavy atom. The predicted molar refractivity (Wildman–Crippen MR) is 92.4 cm³/mol. The minimum Gasteiger partial charge on any atom is -0.343 e. The highest BCUT2D eigenvalue weighted by molar-refractivity contribution is 7.09. The number of hydrogen-bond donors (Lipinski definition) is 0. The zero-order chi connectivity index (χ0) is 17.0. The molecular formula is C17H27N3O2S. The molecule has 0 atom stereocenters. The lowest BCUT2D eigenvalue weighted by atomic mass is 9.94. The van der Waals surface area contributed by atoms with E-state index in [4.69, 9.17) is 0 Å². The van der Waals surface area contributed by atoms with Crippen molar-refractivity contribution in [1.29, 1.82) is 0 Å². The second kappa shape index (κ2) is 7.90. The smallest absolute Gasteiger partial charge is 0.225 e. The summed E-state index contributed by atoms with van der Waals surface area (Å²) in [7, 11) is 1.86. The minimum absolute atomic E-state index is 0.0626. The van der Waals surface area contributed by atoms with Crippen LogP contribution in [-0.2, 0) is 16.0 Å². The van der Waals surface area contributed by atoms with E-state index in [1.165, 1.54) is 0 Å². The van der Waals surface area contributed by atoms with Gasteiger partial charge in [0.2, 0.25) is 11.8 Å². The molecule has 1 aromatic heterocycles. The second-order valence-electron chi connectivity index (χ2n) is 6.56. The van der Waals surface area contributed by atoms with Crippen molar-refractivity contribution in [2.45, 2.75) is 52.5 Å². The third kappa shape index (κ3) is 4.77. The van der Waals surface area contributed by atoms with Gasteiger partial charge in [0.25, 0.3) is 0 Å². The third-order valence-electron chi connectivity index (χ3n) is 4.58. The van der Waals surface area contributed by atoms with E-state index in [1.807, 2.05) is 43.0 Å². The molecule has 2 rings (SSSR count). The van der Waals surface area contributed by atoms with Gasteiger partial charge in [0.05, 0.1) is 10.7 Å². The lowest BCUT2D eigenvalue weighted by molar-refractivity contribution is -0.140. The molecule has 0 bridgehead atoms. The summed E-state index contributed by atoms with van der Waals surface area (Å²) in [6.07, 6.45) is 2.76. The maximum absolute atomic E-state index is 12.3. The summed E-state index contributed by atoms with van der Waals surface area (Å²) in [5, 5.41) is 3.07. The first kappa shape index (κ1) is 17.9. The van der Waals surface area contributed by atoms with Crippen LogP contribution in [0.2, 0.25) is 0 Å². The third-order valence-corrected chi connectivity index (χ3v) is 5.40. The molecule has 5 nitrogen and oxygen atoms in total. The van der Waals surface area contributed by atoms with Gasteiger partial charge in [-0.2, -0.15) is 0 Å². The summed E-state index contributed by atoms with van der Waals surface area (Å²) in [5.41, 5.74) is 1.00. The van der Waals surface area contributed by atoms with Gasteiger partial charge in [0.1, 0.15) is 0 Å². The van der Waals surface area contributed by atoms with Crippen molar-refractivity contribution in [3.63, 3.8) is 0 Å². The average molecular weight is 337 g/mol. The molecule has 1 saturated heterocycles. The molecule has 1 fully saturated rings. The summed E-state index contributed by atoms with van der Waals surface area (Å²) < 4.78 is 0. The molecule has 1 aliphatic rings. The van der Waals surface area contributed by atoms with Crippen LogP contribution in [0.25, 0.3) is 0 Å². The van der Waals surface area contributed by atoms with Crippen molar-refractivity contribution in [2.75, 3.05) is 20.1 Å². The highest BCUT2D eigenvalue weighted by Crippen LogP contribution is 2.21.